The minimum Gasteiger partial charge on any atom is -0.454 e. The molecular weight excluding hydrogens is 202 g/mol. The van der Waals surface area contributed by atoms with E-state index in [1.54, 1.807) is 0 Å². The summed E-state index contributed by atoms with van der Waals surface area (Å²) >= 11 is 6.14. The van der Waals surface area contributed by atoms with E-state index in [1.807, 2.05) is 12.1 Å². The first-order chi connectivity index (χ1) is 6.84. The number of nitrogens with one attached hydrogen (secondary N) is 1. The van der Waals surface area contributed by atoms with Crippen LogP contribution in [0.4, 0.5) is 0 Å². The molecule has 0 aliphatic carbocycles. The lowest BCUT2D eigenvalue weighted by atomic mass is 9.97. The van der Waals surface area contributed by atoms with Gasteiger partial charge in [-0.2, -0.15) is 0 Å². The van der Waals surface area contributed by atoms with E-state index in [-0.39, 0.29) is 0 Å². The van der Waals surface area contributed by atoms with Crippen molar-refractivity contribution in [3.8, 4) is 11.5 Å². The Labute approximate surface area is 87.0 Å². The van der Waals surface area contributed by atoms with E-state index >= 15 is 0 Å². The topological polar surface area (TPSA) is 30.5 Å². The molecule has 1 unspecified atom stereocenters. The van der Waals surface area contributed by atoms with Crippen molar-refractivity contribution in [3.05, 3.63) is 22.7 Å². The van der Waals surface area contributed by atoms with Crippen LogP contribution in [0.1, 0.15) is 18.0 Å². The molecular formula is C10H10ClNO2. The first kappa shape index (κ1) is 8.38. The number of rotatable bonds is 1. The molecule has 74 valence electrons. The summed E-state index contributed by atoms with van der Waals surface area (Å²) in [5, 5.41) is 4.07. The molecule has 3 rings (SSSR count). The Kier molecular flexibility index (Phi) is 1.82. The van der Waals surface area contributed by atoms with Gasteiger partial charge in [0.2, 0.25) is 6.79 Å². The van der Waals surface area contributed by atoms with Gasteiger partial charge < -0.3 is 14.8 Å². The summed E-state index contributed by atoms with van der Waals surface area (Å²) in [4.78, 5) is 0. The van der Waals surface area contributed by atoms with E-state index in [4.69, 9.17) is 21.1 Å². The molecule has 4 heteroatoms. The molecule has 1 saturated heterocycles. The first-order valence-electron chi connectivity index (χ1n) is 4.67. The number of benzene rings is 1. The zero-order valence-electron chi connectivity index (χ0n) is 7.55. The van der Waals surface area contributed by atoms with Crippen molar-refractivity contribution in [2.45, 2.75) is 12.5 Å². The molecule has 0 bridgehead atoms. The molecule has 0 saturated carbocycles. The van der Waals surface area contributed by atoms with Gasteiger partial charge in [0, 0.05) is 17.1 Å². The van der Waals surface area contributed by atoms with Crippen LogP contribution in [0.5, 0.6) is 11.5 Å². The standard InChI is InChI=1S/C10H10ClNO2/c11-7-4-10-9(13-5-14-10)3-6(7)8-1-2-12-8/h3-4,8,12H,1-2,5H2. The fraction of sp³-hybridized carbons (Fsp3) is 0.400. The molecule has 1 atom stereocenters. The van der Waals surface area contributed by atoms with Crippen molar-refractivity contribution in [2.24, 2.45) is 0 Å². The van der Waals surface area contributed by atoms with Gasteiger partial charge in [0.15, 0.2) is 11.5 Å². The smallest absolute Gasteiger partial charge is 0.231 e. The Morgan fingerprint density at radius 1 is 1.29 bits per heavy atom. The highest BCUT2D eigenvalue weighted by molar-refractivity contribution is 6.31. The Hall–Kier alpha value is -0.930. The minimum absolute atomic E-state index is 0.299. The summed E-state index contributed by atoms with van der Waals surface area (Å²) in [6.07, 6.45) is 1.14. The maximum absolute atomic E-state index is 6.14. The molecule has 0 amide bonds. The molecule has 14 heavy (non-hydrogen) atoms. The van der Waals surface area contributed by atoms with E-state index in [9.17, 15) is 0 Å². The molecule has 0 spiro atoms. The average Bonchev–Trinajstić information content (AvgIpc) is 2.48. The van der Waals surface area contributed by atoms with E-state index < -0.39 is 0 Å². The predicted molar refractivity (Wildman–Crippen MR) is 52.9 cm³/mol. The van der Waals surface area contributed by atoms with Crippen LogP contribution in [0.3, 0.4) is 0 Å². The first-order valence-corrected chi connectivity index (χ1v) is 5.05. The number of halogens is 1. The summed E-state index contributed by atoms with van der Waals surface area (Å²) in [5.41, 5.74) is 1.11. The minimum atomic E-state index is 0.299. The lowest BCUT2D eigenvalue weighted by molar-refractivity contribution is 0.174. The fourth-order valence-corrected chi connectivity index (χ4v) is 2.04. The second kappa shape index (κ2) is 3.04. The van der Waals surface area contributed by atoms with Crippen LogP contribution >= 0.6 is 11.6 Å². The SMILES string of the molecule is Clc1cc2c(cc1C1CCN1)OCO2. The maximum atomic E-state index is 6.14. The van der Waals surface area contributed by atoms with Crippen LogP contribution in [0, 0.1) is 0 Å². The van der Waals surface area contributed by atoms with Crippen molar-refractivity contribution in [3.63, 3.8) is 0 Å². The lowest BCUT2D eigenvalue weighted by Gasteiger charge is -2.28. The predicted octanol–water partition coefficient (Wildman–Crippen LogP) is 2.10. The molecule has 2 aliphatic rings. The van der Waals surface area contributed by atoms with E-state index in [2.05, 4.69) is 5.32 Å². The second-order valence-electron chi connectivity index (χ2n) is 3.52. The molecule has 2 aliphatic heterocycles. The van der Waals surface area contributed by atoms with Crippen LogP contribution < -0.4 is 14.8 Å². The Morgan fingerprint density at radius 2 is 2.00 bits per heavy atom. The Balaban J connectivity index is 2.03. The average molecular weight is 212 g/mol. The molecule has 1 aromatic rings. The molecule has 0 aromatic heterocycles. The van der Waals surface area contributed by atoms with Crippen molar-refractivity contribution in [2.75, 3.05) is 13.3 Å². The highest BCUT2D eigenvalue weighted by atomic mass is 35.5. The number of hydrogen-bond acceptors (Lipinski definition) is 3. The van der Waals surface area contributed by atoms with Crippen LogP contribution in [0.15, 0.2) is 12.1 Å². The van der Waals surface area contributed by atoms with Gasteiger partial charge in [0.05, 0.1) is 0 Å². The van der Waals surface area contributed by atoms with Gasteiger partial charge in [-0.3, -0.25) is 0 Å². The molecule has 1 fully saturated rings. The fourth-order valence-electron chi connectivity index (χ4n) is 1.75. The maximum Gasteiger partial charge on any atom is 0.231 e. The summed E-state index contributed by atoms with van der Waals surface area (Å²) < 4.78 is 10.5. The van der Waals surface area contributed by atoms with Crippen LogP contribution in [-0.4, -0.2) is 13.3 Å². The third-order valence-electron chi connectivity index (χ3n) is 2.69. The van der Waals surface area contributed by atoms with Crippen LogP contribution in [0.2, 0.25) is 5.02 Å². The van der Waals surface area contributed by atoms with Gasteiger partial charge in [-0.15, -0.1) is 0 Å². The number of ether oxygens (including phenoxy) is 2. The number of fused-ring (bicyclic) bond motifs is 1. The van der Waals surface area contributed by atoms with Gasteiger partial charge in [-0.1, -0.05) is 11.6 Å². The quantitative estimate of drug-likeness (QED) is 0.772. The van der Waals surface area contributed by atoms with Crippen LogP contribution in [0.25, 0.3) is 0 Å². The third kappa shape index (κ3) is 1.16. The van der Waals surface area contributed by atoms with E-state index in [1.165, 1.54) is 0 Å². The highest BCUT2D eigenvalue weighted by Crippen LogP contribution is 2.40. The van der Waals surface area contributed by atoms with E-state index in [0.29, 0.717) is 12.8 Å². The molecule has 1 N–H and O–H groups in total. The summed E-state index contributed by atoms with van der Waals surface area (Å²) in [6.45, 7) is 1.36. The van der Waals surface area contributed by atoms with Crippen molar-refractivity contribution in [1.29, 1.82) is 0 Å². The Bertz CT molecular complexity index is 377. The summed E-state index contributed by atoms with van der Waals surface area (Å²) in [7, 11) is 0. The monoisotopic (exact) mass is 211 g/mol. The van der Waals surface area contributed by atoms with Gasteiger partial charge in [-0.05, 0) is 24.6 Å². The zero-order valence-corrected chi connectivity index (χ0v) is 8.30. The summed E-state index contributed by atoms with van der Waals surface area (Å²) in [5.74, 6) is 1.55. The van der Waals surface area contributed by atoms with Gasteiger partial charge >= 0.3 is 0 Å². The molecule has 1 aromatic carbocycles. The highest BCUT2D eigenvalue weighted by Gasteiger charge is 2.24. The van der Waals surface area contributed by atoms with Gasteiger partial charge in [-0.25, -0.2) is 0 Å². The van der Waals surface area contributed by atoms with E-state index in [0.717, 1.165) is 35.1 Å². The molecule has 0 radical (unpaired) electrons. The normalized spacial score (nSPS) is 23.4. The van der Waals surface area contributed by atoms with Crippen LogP contribution in [-0.2, 0) is 0 Å². The van der Waals surface area contributed by atoms with Crippen molar-refractivity contribution < 1.29 is 9.47 Å². The largest absolute Gasteiger partial charge is 0.454 e. The second-order valence-corrected chi connectivity index (χ2v) is 3.93. The Morgan fingerprint density at radius 3 is 2.64 bits per heavy atom. The third-order valence-corrected chi connectivity index (χ3v) is 3.02. The lowest BCUT2D eigenvalue weighted by Crippen LogP contribution is -2.35. The van der Waals surface area contributed by atoms with Gasteiger partial charge in [0.25, 0.3) is 0 Å². The molecule has 3 nitrogen and oxygen atoms in total. The zero-order chi connectivity index (χ0) is 9.54. The van der Waals surface area contributed by atoms with Crippen molar-refractivity contribution in [1.82, 2.24) is 5.32 Å². The molecule has 2 heterocycles. The summed E-state index contributed by atoms with van der Waals surface area (Å²) in [6, 6.07) is 4.19. The van der Waals surface area contributed by atoms with Crippen molar-refractivity contribution >= 4 is 11.6 Å². The van der Waals surface area contributed by atoms with Gasteiger partial charge in [0.1, 0.15) is 0 Å². The number of hydrogen-bond donors (Lipinski definition) is 1.